The van der Waals surface area contributed by atoms with Crippen LogP contribution in [0.15, 0.2) is 23.4 Å². The van der Waals surface area contributed by atoms with Crippen molar-refractivity contribution >= 4 is 8.38 Å². The monoisotopic (exact) mass is 229 g/mol. The number of hydrogen-bond acceptors (Lipinski definition) is 4. The van der Waals surface area contributed by atoms with E-state index in [9.17, 15) is 9.30 Å². The first-order chi connectivity index (χ1) is 7.17. The third-order valence-electron chi connectivity index (χ3n) is 1.46. The van der Waals surface area contributed by atoms with E-state index >= 15 is 0 Å². The maximum Gasteiger partial charge on any atom is 0.446 e. The van der Waals surface area contributed by atoms with Crippen LogP contribution in [0.25, 0.3) is 0 Å². The SMILES string of the molecule is N#Cc1ccc(OP([OH2+])CN=O)cc1F. The lowest BCUT2D eigenvalue weighted by atomic mass is 10.2. The van der Waals surface area contributed by atoms with E-state index in [1.165, 1.54) is 12.1 Å². The van der Waals surface area contributed by atoms with Gasteiger partial charge in [-0.1, -0.05) is 5.18 Å². The van der Waals surface area contributed by atoms with Gasteiger partial charge in [-0.25, -0.2) is 4.39 Å². The number of nitrogens with zero attached hydrogens (tertiary/aromatic N) is 2. The second-order valence-corrected chi connectivity index (χ2v) is 3.72. The summed E-state index contributed by atoms with van der Waals surface area (Å²) in [6.45, 7) is 0. The van der Waals surface area contributed by atoms with Gasteiger partial charge in [0, 0.05) is 6.07 Å². The van der Waals surface area contributed by atoms with Crippen molar-refractivity contribution in [3.63, 3.8) is 0 Å². The molecule has 5 nitrogen and oxygen atoms in total. The molecule has 0 saturated heterocycles. The van der Waals surface area contributed by atoms with Gasteiger partial charge in [0.2, 0.25) is 6.29 Å². The Kier molecular flexibility index (Phi) is 4.10. The third-order valence-corrected chi connectivity index (χ3v) is 2.27. The van der Waals surface area contributed by atoms with E-state index in [2.05, 4.69) is 5.18 Å². The van der Waals surface area contributed by atoms with E-state index in [1.807, 2.05) is 0 Å². The Morgan fingerprint density at radius 3 is 2.93 bits per heavy atom. The lowest BCUT2D eigenvalue weighted by Gasteiger charge is -2.04. The van der Waals surface area contributed by atoms with Crippen LogP contribution in [-0.4, -0.2) is 11.2 Å². The summed E-state index contributed by atoms with van der Waals surface area (Å²) in [5, 5.41) is 11.0. The fourth-order valence-corrected chi connectivity index (χ4v) is 1.38. The molecule has 0 fully saturated rings. The van der Waals surface area contributed by atoms with Gasteiger partial charge < -0.3 is 9.42 Å². The van der Waals surface area contributed by atoms with Gasteiger partial charge in [-0.2, -0.15) is 5.26 Å². The van der Waals surface area contributed by atoms with Crippen molar-refractivity contribution in [1.29, 1.82) is 5.26 Å². The highest BCUT2D eigenvalue weighted by atomic mass is 31.2. The van der Waals surface area contributed by atoms with Crippen LogP contribution in [0.4, 0.5) is 4.39 Å². The van der Waals surface area contributed by atoms with Crippen LogP contribution in [0.2, 0.25) is 0 Å². The molecular weight excluding hydrogens is 222 g/mol. The minimum Gasteiger partial charge on any atom is -0.408 e. The highest BCUT2D eigenvalue weighted by Gasteiger charge is 2.15. The Balaban J connectivity index is 2.76. The van der Waals surface area contributed by atoms with Gasteiger partial charge in [-0.15, -0.1) is 4.91 Å². The normalized spacial score (nSPS) is 11.5. The van der Waals surface area contributed by atoms with Crippen molar-refractivity contribution < 1.29 is 13.8 Å². The quantitative estimate of drug-likeness (QED) is 0.448. The van der Waals surface area contributed by atoms with E-state index in [1.54, 1.807) is 6.07 Å². The molecule has 0 aliphatic carbocycles. The summed E-state index contributed by atoms with van der Waals surface area (Å²) in [5.74, 6) is -0.589. The average molecular weight is 229 g/mol. The van der Waals surface area contributed by atoms with Gasteiger partial charge in [0.1, 0.15) is 17.6 Å². The Bertz CT molecular complexity index is 407. The smallest absolute Gasteiger partial charge is 0.408 e. The Labute approximate surface area is 86.0 Å². The third kappa shape index (κ3) is 3.24. The zero-order valence-electron chi connectivity index (χ0n) is 7.48. The number of benzene rings is 1. The topological polar surface area (TPSA) is 85.3 Å². The summed E-state index contributed by atoms with van der Waals surface area (Å²) in [5.41, 5.74) is -0.0924. The number of hydrogen-bond donors (Lipinski definition) is 0. The predicted octanol–water partition coefficient (Wildman–Crippen LogP) is 1.84. The fraction of sp³-hybridized carbons (Fsp3) is 0.125. The summed E-state index contributed by atoms with van der Waals surface area (Å²) >= 11 is 0. The molecule has 1 aromatic carbocycles. The summed E-state index contributed by atoms with van der Waals surface area (Å²) in [4.78, 5) is 17.1. The molecule has 0 radical (unpaired) electrons. The Morgan fingerprint density at radius 2 is 2.40 bits per heavy atom. The van der Waals surface area contributed by atoms with E-state index in [-0.39, 0.29) is 17.6 Å². The lowest BCUT2D eigenvalue weighted by molar-refractivity contribution is 0.483. The van der Waals surface area contributed by atoms with Crippen LogP contribution in [0, 0.1) is 22.1 Å². The van der Waals surface area contributed by atoms with Crippen molar-refractivity contribution in [2.45, 2.75) is 0 Å². The first kappa shape index (κ1) is 11.5. The van der Waals surface area contributed by atoms with E-state index < -0.39 is 14.2 Å². The summed E-state index contributed by atoms with van der Waals surface area (Å²) in [6, 6.07) is 5.29. The van der Waals surface area contributed by atoms with Crippen LogP contribution in [0.5, 0.6) is 5.75 Å². The van der Waals surface area contributed by atoms with E-state index in [0.717, 1.165) is 6.07 Å². The van der Waals surface area contributed by atoms with Crippen molar-refractivity contribution in [1.82, 2.24) is 0 Å². The van der Waals surface area contributed by atoms with E-state index in [4.69, 9.17) is 14.7 Å². The number of halogens is 1. The van der Waals surface area contributed by atoms with Crippen LogP contribution in [-0.2, 0) is 0 Å². The standard InChI is InChI=1S/C8H6FN2O3P/c9-8-3-7(2-1-6(8)4-10)14-15(13)5-11-12/h1-3,13H,5H2/p+1. The molecule has 0 aromatic heterocycles. The Hall–Kier alpha value is -1.57. The molecule has 0 amide bonds. The number of rotatable bonds is 4. The molecule has 15 heavy (non-hydrogen) atoms. The van der Waals surface area contributed by atoms with Gasteiger partial charge in [0.05, 0.1) is 5.56 Å². The second-order valence-electron chi connectivity index (χ2n) is 2.49. The fourth-order valence-electron chi connectivity index (χ4n) is 0.852. The highest BCUT2D eigenvalue weighted by Crippen LogP contribution is 2.33. The highest BCUT2D eigenvalue weighted by molar-refractivity contribution is 7.46. The van der Waals surface area contributed by atoms with E-state index in [0.29, 0.717) is 0 Å². The first-order valence-electron chi connectivity index (χ1n) is 3.83. The van der Waals surface area contributed by atoms with Gasteiger partial charge in [-0.05, 0) is 12.1 Å². The maximum atomic E-state index is 13.0. The predicted molar refractivity (Wildman–Crippen MR) is 52.9 cm³/mol. The molecule has 1 aromatic rings. The minimum absolute atomic E-state index is 0.0924. The molecule has 78 valence electrons. The average Bonchev–Trinajstić information content (AvgIpc) is 2.18. The van der Waals surface area contributed by atoms with Crippen molar-refractivity contribution in [2.75, 3.05) is 6.29 Å². The second kappa shape index (κ2) is 5.35. The largest absolute Gasteiger partial charge is 0.446 e. The zero-order valence-corrected chi connectivity index (χ0v) is 8.37. The summed E-state index contributed by atoms with van der Waals surface area (Å²) in [7, 11) is -1.76. The molecule has 0 aliphatic heterocycles. The molecule has 0 bridgehead atoms. The molecule has 1 unspecified atom stereocenters. The molecule has 0 aliphatic rings. The molecule has 7 heteroatoms. The van der Waals surface area contributed by atoms with Gasteiger partial charge in [0.15, 0.2) is 0 Å². The molecule has 0 heterocycles. The van der Waals surface area contributed by atoms with Crippen LogP contribution in [0.1, 0.15) is 5.56 Å². The Morgan fingerprint density at radius 1 is 1.67 bits per heavy atom. The van der Waals surface area contributed by atoms with Crippen LogP contribution < -0.4 is 4.52 Å². The van der Waals surface area contributed by atoms with Crippen molar-refractivity contribution in [3.05, 3.63) is 34.5 Å². The number of nitriles is 1. The van der Waals surface area contributed by atoms with Crippen LogP contribution in [0.3, 0.4) is 0 Å². The summed E-state index contributed by atoms with van der Waals surface area (Å²) < 4.78 is 18.0. The lowest BCUT2D eigenvalue weighted by Crippen LogP contribution is -1.91. The summed E-state index contributed by atoms with van der Waals surface area (Å²) in [6.07, 6.45) is -0.267. The minimum atomic E-state index is -1.76. The number of nitroso groups, excluding NO2 is 1. The van der Waals surface area contributed by atoms with Crippen molar-refractivity contribution in [2.24, 2.45) is 5.18 Å². The van der Waals surface area contributed by atoms with Gasteiger partial charge in [0.25, 0.3) is 0 Å². The molecule has 0 spiro atoms. The molecule has 1 rings (SSSR count). The van der Waals surface area contributed by atoms with Crippen LogP contribution >= 0.6 is 8.38 Å². The van der Waals surface area contributed by atoms with Gasteiger partial charge in [-0.3, -0.25) is 0 Å². The van der Waals surface area contributed by atoms with Gasteiger partial charge >= 0.3 is 8.38 Å². The maximum absolute atomic E-state index is 13.0. The first-order valence-corrected chi connectivity index (χ1v) is 5.27. The molecule has 1 atom stereocenters. The molecule has 0 saturated carbocycles. The zero-order chi connectivity index (χ0) is 11.3. The molecule has 2 N–H and O–H groups in total. The molecular formula is C8H7FN2O3P+. The van der Waals surface area contributed by atoms with Crippen molar-refractivity contribution in [3.8, 4) is 11.8 Å².